The number of anilines is 1. The lowest BCUT2D eigenvalue weighted by Crippen LogP contribution is -2.41. The molecule has 1 aromatic carbocycles. The van der Waals surface area contributed by atoms with Crippen LogP contribution in [-0.4, -0.2) is 37.3 Å². The van der Waals surface area contributed by atoms with Crippen molar-refractivity contribution in [1.29, 1.82) is 0 Å². The molecule has 0 saturated carbocycles. The molecule has 0 spiro atoms. The summed E-state index contributed by atoms with van der Waals surface area (Å²) in [5.41, 5.74) is 0.904. The Bertz CT molecular complexity index is 484. The highest BCUT2D eigenvalue weighted by molar-refractivity contribution is 5.84. The Morgan fingerprint density at radius 1 is 1.35 bits per heavy atom. The van der Waals surface area contributed by atoms with Gasteiger partial charge in [-0.05, 0) is 57.4 Å². The lowest BCUT2D eigenvalue weighted by Gasteiger charge is -2.18. The Kier molecular flexibility index (Phi) is 6.71. The maximum Gasteiger partial charge on any atom is 0.242 e. The van der Waals surface area contributed by atoms with Crippen molar-refractivity contribution in [2.24, 2.45) is 0 Å². The summed E-state index contributed by atoms with van der Waals surface area (Å²) in [6.45, 7) is 7.36. The lowest BCUT2D eigenvalue weighted by molar-refractivity contribution is -0.122. The second-order valence-electron chi connectivity index (χ2n) is 6.15. The number of carbonyl (C=O) groups is 1. The maximum atomic E-state index is 12.0. The van der Waals surface area contributed by atoms with E-state index in [-0.39, 0.29) is 24.1 Å². The van der Waals surface area contributed by atoms with Crippen LogP contribution in [0.5, 0.6) is 5.75 Å². The monoisotopic (exact) mass is 320 g/mol. The SMILES string of the molecule is CCC(C)NC(=O)C(C)Nc1ccc(OCC2CCCO2)cc1. The zero-order chi connectivity index (χ0) is 16.7. The predicted molar refractivity (Wildman–Crippen MR) is 91.9 cm³/mol. The Balaban J connectivity index is 1.78. The van der Waals surface area contributed by atoms with Crippen molar-refractivity contribution in [2.45, 2.75) is 58.2 Å². The van der Waals surface area contributed by atoms with Crippen molar-refractivity contribution in [1.82, 2.24) is 5.32 Å². The minimum Gasteiger partial charge on any atom is -0.491 e. The molecule has 2 rings (SSSR count). The molecule has 5 nitrogen and oxygen atoms in total. The van der Waals surface area contributed by atoms with Crippen LogP contribution >= 0.6 is 0 Å². The van der Waals surface area contributed by atoms with Gasteiger partial charge in [-0.2, -0.15) is 0 Å². The highest BCUT2D eigenvalue weighted by Crippen LogP contribution is 2.19. The third-order valence-corrected chi connectivity index (χ3v) is 4.09. The van der Waals surface area contributed by atoms with Crippen molar-refractivity contribution in [2.75, 3.05) is 18.5 Å². The number of amides is 1. The topological polar surface area (TPSA) is 59.6 Å². The van der Waals surface area contributed by atoms with E-state index in [1.165, 1.54) is 0 Å². The summed E-state index contributed by atoms with van der Waals surface area (Å²) in [5, 5.41) is 6.18. The zero-order valence-corrected chi connectivity index (χ0v) is 14.3. The fourth-order valence-corrected chi connectivity index (χ4v) is 2.40. The molecule has 1 saturated heterocycles. The van der Waals surface area contributed by atoms with Crippen molar-refractivity contribution in [3.8, 4) is 5.75 Å². The van der Waals surface area contributed by atoms with E-state index < -0.39 is 0 Å². The summed E-state index contributed by atoms with van der Waals surface area (Å²) in [5.74, 6) is 0.834. The average Bonchev–Trinajstić information content (AvgIpc) is 3.07. The van der Waals surface area contributed by atoms with Crippen molar-refractivity contribution in [3.63, 3.8) is 0 Å². The zero-order valence-electron chi connectivity index (χ0n) is 14.3. The number of nitrogens with one attached hydrogen (secondary N) is 2. The van der Waals surface area contributed by atoms with Gasteiger partial charge in [0.25, 0.3) is 0 Å². The highest BCUT2D eigenvalue weighted by atomic mass is 16.5. The molecular formula is C18H28N2O3. The first-order chi connectivity index (χ1) is 11.1. The minimum atomic E-state index is -0.275. The van der Waals surface area contributed by atoms with Crippen LogP contribution in [-0.2, 0) is 9.53 Å². The van der Waals surface area contributed by atoms with Crippen LogP contribution in [0.15, 0.2) is 24.3 Å². The summed E-state index contributed by atoms with van der Waals surface area (Å²) in [4.78, 5) is 12.0. The maximum absolute atomic E-state index is 12.0. The first-order valence-electron chi connectivity index (χ1n) is 8.50. The molecule has 2 N–H and O–H groups in total. The molecule has 1 aliphatic rings. The summed E-state index contributed by atoms with van der Waals surface area (Å²) in [6.07, 6.45) is 3.34. The first kappa shape index (κ1) is 17.6. The molecule has 1 fully saturated rings. The molecular weight excluding hydrogens is 292 g/mol. The fourth-order valence-electron chi connectivity index (χ4n) is 2.40. The quantitative estimate of drug-likeness (QED) is 0.773. The van der Waals surface area contributed by atoms with Gasteiger partial charge in [0.15, 0.2) is 0 Å². The molecule has 0 bridgehead atoms. The normalized spacial score (nSPS) is 19.9. The first-order valence-corrected chi connectivity index (χ1v) is 8.50. The van der Waals surface area contributed by atoms with Gasteiger partial charge in [-0.15, -0.1) is 0 Å². The number of rotatable bonds is 8. The van der Waals surface area contributed by atoms with Gasteiger partial charge >= 0.3 is 0 Å². The van der Waals surface area contributed by atoms with Crippen LogP contribution in [0, 0.1) is 0 Å². The van der Waals surface area contributed by atoms with Crippen molar-refractivity contribution < 1.29 is 14.3 Å². The van der Waals surface area contributed by atoms with Crippen molar-refractivity contribution in [3.05, 3.63) is 24.3 Å². The van der Waals surface area contributed by atoms with Crippen LogP contribution in [0.4, 0.5) is 5.69 Å². The number of hydrogen-bond acceptors (Lipinski definition) is 4. The second-order valence-corrected chi connectivity index (χ2v) is 6.15. The number of carbonyl (C=O) groups excluding carboxylic acids is 1. The molecule has 23 heavy (non-hydrogen) atoms. The molecule has 128 valence electrons. The smallest absolute Gasteiger partial charge is 0.242 e. The Labute approximate surface area is 138 Å². The van der Waals surface area contributed by atoms with Crippen LogP contribution in [0.1, 0.15) is 40.0 Å². The van der Waals surface area contributed by atoms with Gasteiger partial charge in [0.2, 0.25) is 5.91 Å². The van der Waals surface area contributed by atoms with Gasteiger partial charge in [-0.1, -0.05) is 6.92 Å². The largest absolute Gasteiger partial charge is 0.491 e. The van der Waals surface area contributed by atoms with Crippen LogP contribution in [0.3, 0.4) is 0 Å². The number of hydrogen-bond donors (Lipinski definition) is 2. The van der Waals surface area contributed by atoms with Crippen molar-refractivity contribution >= 4 is 11.6 Å². The van der Waals surface area contributed by atoms with Gasteiger partial charge < -0.3 is 20.1 Å². The molecule has 1 amide bonds. The second kappa shape index (κ2) is 8.77. The summed E-state index contributed by atoms with van der Waals surface area (Å²) >= 11 is 0. The summed E-state index contributed by atoms with van der Waals surface area (Å²) < 4.78 is 11.3. The fraction of sp³-hybridized carbons (Fsp3) is 0.611. The van der Waals surface area contributed by atoms with E-state index >= 15 is 0 Å². The molecule has 3 atom stereocenters. The Morgan fingerprint density at radius 3 is 2.70 bits per heavy atom. The van der Waals surface area contributed by atoms with E-state index in [0.717, 1.165) is 37.3 Å². The third-order valence-electron chi connectivity index (χ3n) is 4.09. The summed E-state index contributed by atoms with van der Waals surface area (Å²) in [7, 11) is 0. The lowest BCUT2D eigenvalue weighted by atomic mass is 10.2. The molecule has 0 aliphatic carbocycles. The Morgan fingerprint density at radius 2 is 2.09 bits per heavy atom. The summed E-state index contributed by atoms with van der Waals surface area (Å²) in [6, 6.07) is 7.60. The third kappa shape index (κ3) is 5.75. The average molecular weight is 320 g/mol. The van der Waals surface area contributed by atoms with Gasteiger partial charge in [0, 0.05) is 18.3 Å². The molecule has 3 unspecified atom stereocenters. The van der Waals surface area contributed by atoms with E-state index in [9.17, 15) is 4.79 Å². The van der Waals surface area contributed by atoms with E-state index in [2.05, 4.69) is 17.6 Å². The van der Waals surface area contributed by atoms with Gasteiger partial charge in [0.05, 0.1) is 6.10 Å². The van der Waals surface area contributed by atoms with E-state index in [0.29, 0.717) is 6.61 Å². The molecule has 5 heteroatoms. The van der Waals surface area contributed by atoms with Gasteiger partial charge in [-0.3, -0.25) is 4.79 Å². The molecule has 1 aromatic rings. The minimum absolute atomic E-state index is 0.0121. The predicted octanol–water partition coefficient (Wildman–Crippen LogP) is 2.96. The number of benzene rings is 1. The molecule has 1 heterocycles. The van der Waals surface area contributed by atoms with Crippen LogP contribution < -0.4 is 15.4 Å². The standard InChI is InChI=1S/C18H28N2O3/c1-4-13(2)19-18(21)14(3)20-15-7-9-16(10-8-15)23-12-17-6-5-11-22-17/h7-10,13-14,17,20H,4-6,11-12H2,1-3H3,(H,19,21). The number of ether oxygens (including phenoxy) is 2. The highest BCUT2D eigenvalue weighted by Gasteiger charge is 2.16. The van der Waals surface area contributed by atoms with Gasteiger partial charge in [0.1, 0.15) is 18.4 Å². The van der Waals surface area contributed by atoms with E-state index in [4.69, 9.17) is 9.47 Å². The van der Waals surface area contributed by atoms with Crippen LogP contribution in [0.25, 0.3) is 0 Å². The van der Waals surface area contributed by atoms with Crippen LogP contribution in [0.2, 0.25) is 0 Å². The molecule has 0 radical (unpaired) electrons. The van der Waals surface area contributed by atoms with E-state index in [1.54, 1.807) is 0 Å². The van der Waals surface area contributed by atoms with Gasteiger partial charge in [-0.25, -0.2) is 0 Å². The molecule has 1 aliphatic heterocycles. The van der Waals surface area contributed by atoms with E-state index in [1.807, 2.05) is 38.1 Å². The molecule has 0 aromatic heterocycles. The Hall–Kier alpha value is -1.75.